The van der Waals surface area contributed by atoms with Crippen LogP contribution < -0.4 is 4.74 Å². The second-order valence-electron chi connectivity index (χ2n) is 3.92. The van der Waals surface area contributed by atoms with E-state index in [1.165, 1.54) is 18.2 Å². The fourth-order valence-corrected chi connectivity index (χ4v) is 2.04. The average Bonchev–Trinajstić information content (AvgIpc) is 2.39. The van der Waals surface area contributed by atoms with E-state index in [0.717, 1.165) is 9.65 Å². The van der Waals surface area contributed by atoms with Gasteiger partial charge >= 0.3 is 5.97 Å². The molecule has 2 rings (SSSR count). The number of hydrogen-bond acceptors (Lipinski definition) is 2. The minimum Gasteiger partial charge on any atom is -0.478 e. The molecule has 0 spiro atoms. The summed E-state index contributed by atoms with van der Waals surface area (Å²) in [5, 5.41) is 8.51. The number of rotatable bonds is 4. The molecule has 0 radical (unpaired) electrons. The van der Waals surface area contributed by atoms with Crippen molar-refractivity contribution in [1.29, 1.82) is 0 Å². The second-order valence-corrected chi connectivity index (χ2v) is 5.17. The Kier molecular flexibility index (Phi) is 4.73. The Morgan fingerprint density at radius 1 is 1.25 bits per heavy atom. The van der Waals surface area contributed by atoms with E-state index in [-0.39, 0.29) is 5.75 Å². The van der Waals surface area contributed by atoms with Crippen LogP contribution in [0.3, 0.4) is 0 Å². The molecule has 0 saturated carbocycles. The van der Waals surface area contributed by atoms with Gasteiger partial charge in [0.25, 0.3) is 0 Å². The Morgan fingerprint density at radius 2 is 2.05 bits per heavy atom. The third kappa shape index (κ3) is 4.06. The van der Waals surface area contributed by atoms with E-state index in [4.69, 9.17) is 9.84 Å². The smallest absolute Gasteiger partial charge is 0.328 e. The predicted octanol–water partition coefficient (Wildman–Crippen LogP) is 4.32. The van der Waals surface area contributed by atoms with Crippen LogP contribution in [0.1, 0.15) is 5.56 Å². The van der Waals surface area contributed by atoms with Gasteiger partial charge < -0.3 is 9.84 Å². The number of carboxylic acids is 1. The number of halogens is 2. The summed E-state index contributed by atoms with van der Waals surface area (Å²) in [5.74, 6) is -0.981. The molecule has 0 saturated heterocycles. The normalized spacial score (nSPS) is 10.7. The molecule has 20 heavy (non-hydrogen) atoms. The first-order valence-corrected chi connectivity index (χ1v) is 6.76. The van der Waals surface area contributed by atoms with Gasteiger partial charge in [-0.15, -0.1) is 0 Å². The molecule has 0 bridgehead atoms. The highest BCUT2D eigenvalue weighted by Crippen LogP contribution is 2.26. The summed E-state index contributed by atoms with van der Waals surface area (Å²) in [7, 11) is 0. The first-order chi connectivity index (χ1) is 9.54. The van der Waals surface area contributed by atoms with Gasteiger partial charge in [0, 0.05) is 9.65 Å². The quantitative estimate of drug-likeness (QED) is 0.631. The van der Waals surface area contributed by atoms with Crippen molar-refractivity contribution in [3.8, 4) is 11.5 Å². The molecule has 0 aliphatic heterocycles. The van der Waals surface area contributed by atoms with E-state index in [9.17, 15) is 9.18 Å². The zero-order valence-electron chi connectivity index (χ0n) is 10.2. The number of carbonyl (C=O) groups is 1. The highest BCUT2D eigenvalue weighted by Gasteiger charge is 2.05. The summed E-state index contributed by atoms with van der Waals surface area (Å²) >= 11 is 2.14. The molecule has 0 amide bonds. The van der Waals surface area contributed by atoms with Crippen LogP contribution >= 0.6 is 22.6 Å². The van der Waals surface area contributed by atoms with E-state index in [1.54, 1.807) is 18.2 Å². The molecule has 0 unspecified atom stereocenters. The maximum absolute atomic E-state index is 13.9. The summed E-state index contributed by atoms with van der Waals surface area (Å²) in [4.78, 5) is 10.4. The number of benzene rings is 2. The van der Waals surface area contributed by atoms with Gasteiger partial charge in [-0.25, -0.2) is 9.18 Å². The highest BCUT2D eigenvalue weighted by molar-refractivity contribution is 14.1. The van der Waals surface area contributed by atoms with E-state index in [0.29, 0.717) is 11.3 Å². The number of ether oxygens (including phenoxy) is 1. The molecular weight excluding hydrogens is 374 g/mol. The van der Waals surface area contributed by atoms with Crippen molar-refractivity contribution in [1.82, 2.24) is 0 Å². The maximum atomic E-state index is 13.9. The van der Waals surface area contributed by atoms with E-state index < -0.39 is 11.8 Å². The predicted molar refractivity (Wildman–Crippen MR) is 82.3 cm³/mol. The van der Waals surface area contributed by atoms with Gasteiger partial charge in [-0.3, -0.25) is 0 Å². The Morgan fingerprint density at radius 3 is 2.70 bits per heavy atom. The van der Waals surface area contributed by atoms with Crippen molar-refractivity contribution in [3.05, 3.63) is 63.5 Å². The zero-order chi connectivity index (χ0) is 14.5. The molecule has 2 aromatic rings. The van der Waals surface area contributed by atoms with Crippen molar-refractivity contribution in [2.45, 2.75) is 0 Å². The lowest BCUT2D eigenvalue weighted by Gasteiger charge is -2.07. The van der Waals surface area contributed by atoms with Gasteiger partial charge in [-0.1, -0.05) is 12.1 Å². The Labute approximate surface area is 128 Å². The topological polar surface area (TPSA) is 46.5 Å². The fourth-order valence-electron chi connectivity index (χ4n) is 1.53. The van der Waals surface area contributed by atoms with Gasteiger partial charge in [0.15, 0.2) is 11.6 Å². The first-order valence-electron chi connectivity index (χ1n) is 5.68. The van der Waals surface area contributed by atoms with E-state index in [2.05, 4.69) is 22.6 Å². The van der Waals surface area contributed by atoms with Crippen LogP contribution in [0.2, 0.25) is 0 Å². The molecule has 1 N–H and O–H groups in total. The lowest BCUT2D eigenvalue weighted by Crippen LogP contribution is -1.90. The van der Waals surface area contributed by atoms with Gasteiger partial charge in [-0.05, 0) is 64.6 Å². The molecule has 3 nitrogen and oxygen atoms in total. The van der Waals surface area contributed by atoms with Crippen LogP contribution in [0.25, 0.3) is 6.08 Å². The summed E-state index contributed by atoms with van der Waals surface area (Å²) in [6.07, 6.45) is 2.27. The summed E-state index contributed by atoms with van der Waals surface area (Å²) in [6, 6.07) is 11.5. The second kappa shape index (κ2) is 6.51. The van der Waals surface area contributed by atoms with Crippen LogP contribution in [0.4, 0.5) is 4.39 Å². The molecule has 0 fully saturated rings. The van der Waals surface area contributed by atoms with E-state index in [1.807, 2.05) is 12.1 Å². The lowest BCUT2D eigenvalue weighted by atomic mass is 10.2. The van der Waals surface area contributed by atoms with Crippen molar-refractivity contribution in [3.63, 3.8) is 0 Å². The molecule has 0 aliphatic rings. The van der Waals surface area contributed by atoms with Gasteiger partial charge in [-0.2, -0.15) is 0 Å². The molecule has 0 atom stereocenters. The minimum absolute atomic E-state index is 0.0967. The van der Waals surface area contributed by atoms with E-state index >= 15 is 0 Å². The zero-order valence-corrected chi connectivity index (χ0v) is 12.4. The Bertz CT molecular complexity index is 668. The average molecular weight is 384 g/mol. The SMILES string of the molecule is O=C(O)/C=C/c1ccc(Oc2cccc(I)c2)c(F)c1. The van der Waals surface area contributed by atoms with Gasteiger partial charge in [0.2, 0.25) is 0 Å². The summed E-state index contributed by atoms with van der Waals surface area (Å²) < 4.78 is 20.3. The first kappa shape index (κ1) is 14.5. The van der Waals surface area contributed by atoms with Crippen LogP contribution in [-0.4, -0.2) is 11.1 Å². The van der Waals surface area contributed by atoms with Crippen LogP contribution in [0.5, 0.6) is 11.5 Å². The third-order valence-electron chi connectivity index (χ3n) is 2.40. The number of carboxylic acid groups (broad SMARTS) is 1. The maximum Gasteiger partial charge on any atom is 0.328 e. The lowest BCUT2D eigenvalue weighted by molar-refractivity contribution is -0.131. The minimum atomic E-state index is -1.08. The number of hydrogen-bond donors (Lipinski definition) is 1. The molecule has 102 valence electrons. The van der Waals surface area contributed by atoms with Gasteiger partial charge in [0.1, 0.15) is 5.75 Å². The molecule has 0 aromatic heterocycles. The Balaban J connectivity index is 2.20. The molecule has 0 aliphatic carbocycles. The number of aliphatic carboxylic acids is 1. The standard InChI is InChI=1S/C15H10FIO3/c16-13-8-10(5-7-15(18)19)4-6-14(13)20-12-3-1-2-11(17)9-12/h1-9H,(H,18,19)/b7-5+. The fraction of sp³-hybridized carbons (Fsp3) is 0. The summed E-state index contributed by atoms with van der Waals surface area (Å²) in [6.45, 7) is 0. The van der Waals surface area contributed by atoms with Crippen LogP contribution in [-0.2, 0) is 4.79 Å². The monoisotopic (exact) mass is 384 g/mol. The van der Waals surface area contributed by atoms with Crippen molar-refractivity contribution < 1.29 is 19.0 Å². The van der Waals surface area contributed by atoms with Crippen LogP contribution in [0.15, 0.2) is 48.5 Å². The summed E-state index contributed by atoms with van der Waals surface area (Å²) in [5.41, 5.74) is 0.458. The largest absolute Gasteiger partial charge is 0.478 e. The molecule has 2 aromatic carbocycles. The molecule has 0 heterocycles. The van der Waals surface area contributed by atoms with Crippen molar-refractivity contribution in [2.24, 2.45) is 0 Å². The molecular formula is C15H10FIO3. The van der Waals surface area contributed by atoms with Crippen molar-refractivity contribution in [2.75, 3.05) is 0 Å². The Hall–Kier alpha value is -1.89. The third-order valence-corrected chi connectivity index (χ3v) is 3.07. The van der Waals surface area contributed by atoms with Crippen LogP contribution in [0, 0.1) is 9.39 Å². The molecule has 5 heteroatoms. The van der Waals surface area contributed by atoms with Gasteiger partial charge in [0.05, 0.1) is 0 Å². The highest BCUT2D eigenvalue weighted by atomic mass is 127. The van der Waals surface area contributed by atoms with Crippen molar-refractivity contribution >= 4 is 34.6 Å².